The summed E-state index contributed by atoms with van der Waals surface area (Å²) in [6.45, 7) is 4.83. The minimum atomic E-state index is -0.125. The number of nitrogens with zero attached hydrogens (tertiary/aromatic N) is 3. The first-order valence-corrected chi connectivity index (χ1v) is 9.87. The molecule has 1 N–H and O–H groups in total. The number of carbonyl (C=O) groups is 2. The number of likely N-dealkylation sites (tertiary alicyclic amines) is 1. The van der Waals surface area contributed by atoms with E-state index in [-0.39, 0.29) is 17.9 Å². The molecule has 1 aliphatic heterocycles. The molecule has 0 bridgehead atoms. The second-order valence-electron chi connectivity index (χ2n) is 7.49. The third-order valence-corrected chi connectivity index (χ3v) is 5.57. The molecule has 1 unspecified atom stereocenters. The molecule has 1 aromatic carbocycles. The van der Waals surface area contributed by atoms with E-state index in [0.717, 1.165) is 27.9 Å². The Labute approximate surface area is 169 Å². The van der Waals surface area contributed by atoms with E-state index in [4.69, 9.17) is 4.52 Å². The SMILES string of the molecule is Cc1noc(C)c1CN1CCC(NC(=O)c2ccnc3ccccc23)CCC1=O. The average molecular weight is 392 g/mol. The van der Waals surface area contributed by atoms with Crippen molar-refractivity contribution in [2.24, 2.45) is 0 Å². The number of aromatic nitrogens is 2. The van der Waals surface area contributed by atoms with Crippen LogP contribution in [0.2, 0.25) is 0 Å². The first-order valence-electron chi connectivity index (χ1n) is 9.87. The van der Waals surface area contributed by atoms with E-state index in [1.165, 1.54) is 0 Å². The van der Waals surface area contributed by atoms with Crippen LogP contribution in [0.5, 0.6) is 0 Å². The van der Waals surface area contributed by atoms with Gasteiger partial charge in [-0.05, 0) is 38.8 Å². The van der Waals surface area contributed by atoms with Gasteiger partial charge in [-0.3, -0.25) is 14.6 Å². The minimum Gasteiger partial charge on any atom is -0.361 e. The molecule has 0 aliphatic carbocycles. The fourth-order valence-corrected chi connectivity index (χ4v) is 3.82. The Morgan fingerprint density at radius 3 is 2.86 bits per heavy atom. The van der Waals surface area contributed by atoms with Gasteiger partial charge >= 0.3 is 0 Å². The topological polar surface area (TPSA) is 88.3 Å². The van der Waals surface area contributed by atoms with E-state index < -0.39 is 0 Å². The van der Waals surface area contributed by atoms with Crippen molar-refractivity contribution in [2.75, 3.05) is 6.54 Å². The number of hydrogen-bond acceptors (Lipinski definition) is 5. The number of rotatable bonds is 4. The maximum absolute atomic E-state index is 12.9. The normalized spacial score (nSPS) is 17.4. The Kier molecular flexibility index (Phi) is 5.29. The summed E-state index contributed by atoms with van der Waals surface area (Å²) >= 11 is 0. The molecule has 1 aliphatic rings. The zero-order chi connectivity index (χ0) is 20.4. The number of aryl methyl sites for hydroxylation is 2. The molecule has 0 saturated carbocycles. The van der Waals surface area contributed by atoms with Crippen molar-refractivity contribution in [2.45, 2.75) is 45.7 Å². The summed E-state index contributed by atoms with van der Waals surface area (Å²) in [5, 5.41) is 7.91. The minimum absolute atomic E-state index is 0.0481. The Balaban J connectivity index is 1.44. The zero-order valence-corrected chi connectivity index (χ0v) is 16.6. The highest BCUT2D eigenvalue weighted by atomic mass is 16.5. The van der Waals surface area contributed by atoms with E-state index >= 15 is 0 Å². The predicted octanol–water partition coefficient (Wildman–Crippen LogP) is 3.15. The third-order valence-electron chi connectivity index (χ3n) is 5.57. The maximum Gasteiger partial charge on any atom is 0.252 e. The van der Waals surface area contributed by atoms with Crippen LogP contribution in [-0.4, -0.2) is 39.4 Å². The van der Waals surface area contributed by atoms with Crippen molar-refractivity contribution in [1.29, 1.82) is 0 Å². The quantitative estimate of drug-likeness (QED) is 0.737. The molecule has 7 heteroatoms. The highest BCUT2D eigenvalue weighted by Crippen LogP contribution is 2.21. The zero-order valence-electron chi connectivity index (χ0n) is 16.6. The second kappa shape index (κ2) is 8.03. The van der Waals surface area contributed by atoms with Gasteiger partial charge in [0.15, 0.2) is 0 Å². The fraction of sp³-hybridized carbons (Fsp3) is 0.364. The summed E-state index contributed by atoms with van der Waals surface area (Å²) in [5.74, 6) is 0.713. The number of carbonyl (C=O) groups excluding carboxylic acids is 2. The Morgan fingerprint density at radius 2 is 2.07 bits per heavy atom. The summed E-state index contributed by atoms with van der Waals surface area (Å²) in [4.78, 5) is 31.6. The van der Waals surface area contributed by atoms with Crippen molar-refractivity contribution in [3.63, 3.8) is 0 Å². The molecule has 4 rings (SSSR count). The van der Waals surface area contributed by atoms with Gasteiger partial charge in [0.2, 0.25) is 5.91 Å². The lowest BCUT2D eigenvalue weighted by molar-refractivity contribution is -0.131. The van der Waals surface area contributed by atoms with Crippen LogP contribution in [0.25, 0.3) is 10.9 Å². The van der Waals surface area contributed by atoms with Crippen molar-refractivity contribution in [3.8, 4) is 0 Å². The number of nitrogens with one attached hydrogen (secondary N) is 1. The molecule has 0 radical (unpaired) electrons. The van der Waals surface area contributed by atoms with Gasteiger partial charge in [-0.25, -0.2) is 0 Å². The summed E-state index contributed by atoms with van der Waals surface area (Å²) in [5.41, 5.74) is 3.18. The molecular weight excluding hydrogens is 368 g/mol. The summed E-state index contributed by atoms with van der Waals surface area (Å²) in [6.07, 6.45) is 3.40. The van der Waals surface area contributed by atoms with Crippen molar-refractivity contribution < 1.29 is 14.1 Å². The highest BCUT2D eigenvalue weighted by molar-refractivity contribution is 6.06. The average Bonchev–Trinajstić information content (AvgIpc) is 2.94. The van der Waals surface area contributed by atoms with Gasteiger partial charge in [-0.2, -0.15) is 0 Å². The van der Waals surface area contributed by atoms with E-state index in [1.54, 1.807) is 12.3 Å². The molecule has 29 heavy (non-hydrogen) atoms. The van der Waals surface area contributed by atoms with Crippen LogP contribution in [-0.2, 0) is 11.3 Å². The third kappa shape index (κ3) is 3.99. The molecular formula is C22H24N4O3. The van der Waals surface area contributed by atoms with Gasteiger partial charge in [-0.15, -0.1) is 0 Å². The van der Waals surface area contributed by atoms with Crippen molar-refractivity contribution in [3.05, 3.63) is 59.1 Å². The lowest BCUT2D eigenvalue weighted by Crippen LogP contribution is -2.36. The van der Waals surface area contributed by atoms with Gasteiger partial charge < -0.3 is 14.7 Å². The molecule has 3 aromatic rings. The molecule has 1 saturated heterocycles. The van der Waals surface area contributed by atoms with Crippen LogP contribution in [0.15, 0.2) is 41.1 Å². The monoisotopic (exact) mass is 392 g/mol. The van der Waals surface area contributed by atoms with Crippen LogP contribution in [0.3, 0.4) is 0 Å². The number of amides is 2. The Hall–Kier alpha value is -3.22. The number of fused-ring (bicyclic) bond motifs is 1. The van der Waals surface area contributed by atoms with Gasteiger partial charge in [0, 0.05) is 36.2 Å². The van der Waals surface area contributed by atoms with Crippen LogP contribution < -0.4 is 5.32 Å². The number of para-hydroxylation sites is 1. The Morgan fingerprint density at radius 1 is 1.24 bits per heavy atom. The summed E-state index contributed by atoms with van der Waals surface area (Å²) in [6, 6.07) is 9.29. The molecule has 0 spiro atoms. The maximum atomic E-state index is 12.9. The van der Waals surface area contributed by atoms with Crippen LogP contribution >= 0.6 is 0 Å². The smallest absolute Gasteiger partial charge is 0.252 e. The summed E-state index contributed by atoms with van der Waals surface area (Å²) < 4.78 is 5.21. The second-order valence-corrected chi connectivity index (χ2v) is 7.49. The van der Waals surface area contributed by atoms with Gasteiger partial charge in [0.1, 0.15) is 5.76 Å². The molecule has 1 atom stereocenters. The van der Waals surface area contributed by atoms with Crippen molar-refractivity contribution >= 4 is 22.7 Å². The van der Waals surface area contributed by atoms with Crippen LogP contribution in [0.4, 0.5) is 0 Å². The first kappa shape index (κ1) is 19.1. The molecule has 150 valence electrons. The number of pyridine rings is 1. The van der Waals surface area contributed by atoms with E-state index in [0.29, 0.717) is 37.9 Å². The van der Waals surface area contributed by atoms with Crippen molar-refractivity contribution in [1.82, 2.24) is 20.4 Å². The van der Waals surface area contributed by atoms with E-state index in [2.05, 4.69) is 15.5 Å². The Bertz CT molecular complexity index is 1030. The first-order chi connectivity index (χ1) is 14.0. The van der Waals surface area contributed by atoms with Gasteiger partial charge in [0.05, 0.1) is 23.3 Å². The number of hydrogen-bond donors (Lipinski definition) is 1. The lowest BCUT2D eigenvalue weighted by Gasteiger charge is -2.21. The summed E-state index contributed by atoms with van der Waals surface area (Å²) in [7, 11) is 0. The lowest BCUT2D eigenvalue weighted by atomic mass is 10.1. The largest absolute Gasteiger partial charge is 0.361 e. The van der Waals surface area contributed by atoms with Gasteiger partial charge in [0.25, 0.3) is 5.91 Å². The van der Waals surface area contributed by atoms with Crippen LogP contribution in [0, 0.1) is 13.8 Å². The van der Waals surface area contributed by atoms with E-state index in [9.17, 15) is 9.59 Å². The molecule has 2 amide bonds. The molecule has 2 aromatic heterocycles. The standard InChI is InChI=1S/C22H24N4O3/c1-14-19(15(2)29-25-14)13-26-12-10-16(7-8-21(26)27)24-22(28)18-9-11-23-20-6-4-3-5-17(18)20/h3-6,9,11,16H,7-8,10,12-13H2,1-2H3,(H,24,28). The number of benzene rings is 1. The fourth-order valence-electron chi connectivity index (χ4n) is 3.82. The molecule has 3 heterocycles. The predicted molar refractivity (Wildman–Crippen MR) is 108 cm³/mol. The van der Waals surface area contributed by atoms with Crippen LogP contribution in [0.1, 0.15) is 46.6 Å². The van der Waals surface area contributed by atoms with Gasteiger partial charge in [-0.1, -0.05) is 23.4 Å². The molecule has 7 nitrogen and oxygen atoms in total. The molecule has 1 fully saturated rings. The highest BCUT2D eigenvalue weighted by Gasteiger charge is 2.26. The van der Waals surface area contributed by atoms with E-state index in [1.807, 2.05) is 43.0 Å².